The van der Waals surface area contributed by atoms with Gasteiger partial charge in [-0.15, -0.1) is 12.6 Å². The van der Waals surface area contributed by atoms with Crippen LogP contribution in [0.25, 0.3) is 0 Å². The zero-order valence-corrected chi connectivity index (χ0v) is 18.0. The summed E-state index contributed by atoms with van der Waals surface area (Å²) in [6.45, 7) is 4.47. The molecule has 1 atom stereocenters. The molecule has 0 saturated carbocycles. The summed E-state index contributed by atoms with van der Waals surface area (Å²) in [7, 11) is 1.83. The lowest BCUT2D eigenvalue weighted by Crippen LogP contribution is -2.20. The molecule has 0 aliphatic rings. The number of halogens is 1. The molecular weight excluding hydrogens is 403 g/mol. The first-order valence-corrected chi connectivity index (χ1v) is 9.85. The maximum Gasteiger partial charge on any atom is 0.252 e. The summed E-state index contributed by atoms with van der Waals surface area (Å²) in [6, 6.07) is 14.6. The van der Waals surface area contributed by atoms with Crippen molar-refractivity contribution in [2.45, 2.75) is 25.8 Å². The van der Waals surface area contributed by atoms with Crippen LogP contribution in [-0.4, -0.2) is 18.3 Å². The highest BCUT2D eigenvalue weighted by molar-refractivity contribution is 7.80. The number of pyridine rings is 1. The second-order valence-corrected chi connectivity index (χ2v) is 7.15. The van der Waals surface area contributed by atoms with Crippen molar-refractivity contribution in [3.8, 4) is 5.75 Å². The molecule has 0 bridgehead atoms. The standard InChI is InChI=1S/C14H11FO2S.C9H14N2O/c15-12-5-7-13(8-6-12)17-14(18)11-3-1-10(9-16)2-4-11;1-6-4-7(2)11-9(12)8(6)5-10-3/h1-9,14,18H;4,10H,5H2,1-3H3,(H,11,12). The molecule has 2 aromatic carbocycles. The van der Waals surface area contributed by atoms with Gasteiger partial charge in [-0.3, -0.25) is 9.59 Å². The van der Waals surface area contributed by atoms with Gasteiger partial charge in [-0.1, -0.05) is 24.3 Å². The van der Waals surface area contributed by atoms with Gasteiger partial charge < -0.3 is 15.0 Å². The molecule has 1 unspecified atom stereocenters. The molecule has 0 fully saturated rings. The molecule has 1 heterocycles. The first-order chi connectivity index (χ1) is 14.3. The van der Waals surface area contributed by atoms with Crippen molar-refractivity contribution in [3.63, 3.8) is 0 Å². The zero-order chi connectivity index (χ0) is 22.1. The molecule has 0 aliphatic carbocycles. The molecule has 30 heavy (non-hydrogen) atoms. The number of thiol groups is 1. The molecule has 7 heteroatoms. The third-order valence-electron chi connectivity index (χ3n) is 4.27. The molecule has 158 valence electrons. The van der Waals surface area contributed by atoms with Crippen LogP contribution in [0.4, 0.5) is 4.39 Å². The van der Waals surface area contributed by atoms with Gasteiger partial charge in [0.25, 0.3) is 5.56 Å². The van der Waals surface area contributed by atoms with E-state index >= 15 is 0 Å². The zero-order valence-electron chi connectivity index (χ0n) is 17.1. The summed E-state index contributed by atoms with van der Waals surface area (Å²) >= 11 is 4.32. The molecule has 1 aromatic heterocycles. The van der Waals surface area contributed by atoms with Crippen LogP contribution in [0.2, 0.25) is 0 Å². The Labute approximate surface area is 180 Å². The van der Waals surface area contributed by atoms with Crippen molar-refractivity contribution in [1.29, 1.82) is 0 Å². The number of aldehydes is 1. The van der Waals surface area contributed by atoms with Gasteiger partial charge in [0, 0.05) is 28.9 Å². The summed E-state index contributed by atoms with van der Waals surface area (Å²) in [6.07, 6.45) is 0.776. The number of aromatic amines is 1. The number of hydrogen-bond donors (Lipinski definition) is 3. The van der Waals surface area contributed by atoms with Crippen molar-refractivity contribution in [2.75, 3.05) is 7.05 Å². The van der Waals surface area contributed by atoms with E-state index < -0.39 is 5.44 Å². The van der Waals surface area contributed by atoms with Crippen molar-refractivity contribution in [1.82, 2.24) is 10.3 Å². The second kappa shape index (κ2) is 11.3. The number of hydrogen-bond acceptors (Lipinski definition) is 5. The lowest BCUT2D eigenvalue weighted by atomic mass is 10.1. The van der Waals surface area contributed by atoms with Crippen LogP contribution < -0.4 is 15.6 Å². The van der Waals surface area contributed by atoms with Crippen LogP contribution in [0.3, 0.4) is 0 Å². The Hall–Kier alpha value is -2.90. The van der Waals surface area contributed by atoms with E-state index in [1.165, 1.54) is 12.1 Å². The van der Waals surface area contributed by atoms with Crippen molar-refractivity contribution in [2.24, 2.45) is 0 Å². The Bertz CT molecular complexity index is 1020. The van der Waals surface area contributed by atoms with E-state index in [1.807, 2.05) is 27.0 Å². The lowest BCUT2D eigenvalue weighted by molar-refractivity contribution is 0.112. The minimum absolute atomic E-state index is 0.0156. The highest BCUT2D eigenvalue weighted by Gasteiger charge is 2.08. The maximum atomic E-state index is 12.7. The number of aromatic nitrogens is 1. The van der Waals surface area contributed by atoms with Gasteiger partial charge in [0.2, 0.25) is 0 Å². The van der Waals surface area contributed by atoms with E-state index in [1.54, 1.807) is 36.4 Å². The predicted molar refractivity (Wildman–Crippen MR) is 120 cm³/mol. The van der Waals surface area contributed by atoms with E-state index in [9.17, 15) is 14.0 Å². The normalized spacial score (nSPS) is 11.2. The van der Waals surface area contributed by atoms with Crippen molar-refractivity contribution >= 4 is 18.9 Å². The van der Waals surface area contributed by atoms with Gasteiger partial charge in [-0.05, 0) is 56.8 Å². The highest BCUT2D eigenvalue weighted by atomic mass is 32.1. The third-order valence-corrected chi connectivity index (χ3v) is 4.67. The molecule has 0 amide bonds. The Morgan fingerprint density at radius 2 is 1.77 bits per heavy atom. The number of aryl methyl sites for hydroxylation is 2. The number of nitrogens with one attached hydrogen (secondary N) is 2. The fourth-order valence-electron chi connectivity index (χ4n) is 2.73. The predicted octanol–water partition coefficient (Wildman–Crippen LogP) is 4.36. The fraction of sp³-hybridized carbons (Fsp3) is 0.217. The van der Waals surface area contributed by atoms with Crippen molar-refractivity contribution in [3.05, 3.63) is 98.7 Å². The summed E-state index contributed by atoms with van der Waals surface area (Å²) < 4.78 is 18.3. The molecule has 3 rings (SSSR count). The minimum Gasteiger partial charge on any atom is -0.475 e. The Morgan fingerprint density at radius 3 is 2.30 bits per heavy atom. The maximum absolute atomic E-state index is 12.7. The first kappa shape index (κ1) is 23.4. The second-order valence-electron chi connectivity index (χ2n) is 6.68. The summed E-state index contributed by atoms with van der Waals surface area (Å²) in [5, 5.41) is 2.97. The average Bonchev–Trinajstić information content (AvgIpc) is 2.73. The van der Waals surface area contributed by atoms with Gasteiger partial charge in [-0.2, -0.15) is 0 Å². The van der Waals surface area contributed by atoms with Crippen LogP contribution in [0.15, 0.2) is 59.4 Å². The van der Waals surface area contributed by atoms with Gasteiger partial charge >= 0.3 is 0 Å². The Kier molecular flexibility index (Phi) is 8.83. The molecule has 5 nitrogen and oxygen atoms in total. The van der Waals surface area contributed by atoms with Crippen LogP contribution in [0.1, 0.15) is 38.2 Å². The fourth-order valence-corrected chi connectivity index (χ4v) is 3.02. The summed E-state index contributed by atoms with van der Waals surface area (Å²) in [4.78, 5) is 24.6. The minimum atomic E-state index is -0.462. The third kappa shape index (κ3) is 6.86. The molecular formula is C23H25FN2O3S. The number of carbonyl (C=O) groups is 1. The van der Waals surface area contributed by atoms with Crippen LogP contribution in [-0.2, 0) is 6.54 Å². The number of carbonyl (C=O) groups excluding carboxylic acids is 1. The molecule has 2 N–H and O–H groups in total. The monoisotopic (exact) mass is 428 g/mol. The molecule has 0 spiro atoms. The Morgan fingerprint density at radius 1 is 1.13 bits per heavy atom. The van der Waals surface area contributed by atoms with Gasteiger partial charge in [0.05, 0.1) is 0 Å². The number of ether oxygens (including phenoxy) is 1. The first-order valence-electron chi connectivity index (χ1n) is 9.33. The number of benzene rings is 2. The van der Waals surface area contributed by atoms with E-state index in [0.717, 1.165) is 28.7 Å². The number of rotatable bonds is 6. The van der Waals surface area contributed by atoms with Gasteiger partial charge in [-0.25, -0.2) is 4.39 Å². The van der Waals surface area contributed by atoms with Crippen LogP contribution >= 0.6 is 12.6 Å². The van der Waals surface area contributed by atoms with E-state index in [0.29, 0.717) is 17.9 Å². The topological polar surface area (TPSA) is 71.2 Å². The van der Waals surface area contributed by atoms with Crippen LogP contribution in [0.5, 0.6) is 5.75 Å². The largest absolute Gasteiger partial charge is 0.475 e. The quantitative estimate of drug-likeness (QED) is 0.310. The molecule has 3 aromatic rings. The van der Waals surface area contributed by atoms with Gasteiger partial charge in [0.15, 0.2) is 5.44 Å². The smallest absolute Gasteiger partial charge is 0.252 e. The number of H-pyrrole nitrogens is 1. The molecule has 0 saturated heterocycles. The lowest BCUT2D eigenvalue weighted by Gasteiger charge is -2.14. The molecule has 0 aliphatic heterocycles. The van der Waals surface area contributed by atoms with Crippen LogP contribution in [0, 0.1) is 19.7 Å². The summed E-state index contributed by atoms with van der Waals surface area (Å²) in [5.41, 5.74) is 3.76. The SMILES string of the molecule is CNCc1c(C)cc(C)[nH]c1=O.O=Cc1ccc(C(S)Oc2ccc(F)cc2)cc1. The van der Waals surface area contributed by atoms with E-state index in [2.05, 4.69) is 22.9 Å². The average molecular weight is 429 g/mol. The van der Waals surface area contributed by atoms with Gasteiger partial charge in [0.1, 0.15) is 17.9 Å². The van der Waals surface area contributed by atoms with E-state index in [-0.39, 0.29) is 11.4 Å². The van der Waals surface area contributed by atoms with E-state index in [4.69, 9.17) is 4.74 Å². The molecule has 0 radical (unpaired) electrons. The summed E-state index contributed by atoms with van der Waals surface area (Å²) in [5.74, 6) is 0.226. The Balaban J connectivity index is 0.000000232. The highest BCUT2D eigenvalue weighted by Crippen LogP contribution is 2.25. The van der Waals surface area contributed by atoms with Crippen molar-refractivity contribution < 1.29 is 13.9 Å².